The maximum Gasteiger partial charge on any atom is 0.220 e. The summed E-state index contributed by atoms with van der Waals surface area (Å²) in [6, 6.07) is 5.19. The highest BCUT2D eigenvalue weighted by molar-refractivity contribution is 5.79. The van der Waals surface area contributed by atoms with Crippen molar-refractivity contribution in [3.63, 3.8) is 0 Å². The summed E-state index contributed by atoms with van der Waals surface area (Å²) in [7, 11) is 0. The largest absolute Gasteiger partial charge is 0.350 e. The molecule has 3 heteroatoms. The lowest BCUT2D eigenvalue weighted by molar-refractivity contribution is -0.119. The Labute approximate surface area is 114 Å². The van der Waals surface area contributed by atoms with Crippen LogP contribution in [0.5, 0.6) is 0 Å². The summed E-state index contributed by atoms with van der Waals surface area (Å²) in [5.74, 6) is 0.398. The van der Waals surface area contributed by atoms with Crippen LogP contribution in [-0.2, 0) is 11.2 Å². The zero-order valence-corrected chi connectivity index (χ0v) is 11.9. The van der Waals surface area contributed by atoms with Crippen LogP contribution in [-0.4, -0.2) is 11.4 Å². The van der Waals surface area contributed by atoms with Crippen LogP contribution in [0.2, 0.25) is 0 Å². The van der Waals surface area contributed by atoms with Crippen molar-refractivity contribution in [1.82, 2.24) is 5.32 Å². The molecule has 1 aliphatic heterocycles. The number of rotatable bonds is 4. The second-order valence-electron chi connectivity index (χ2n) is 6.20. The van der Waals surface area contributed by atoms with E-state index in [2.05, 4.69) is 19.2 Å². The van der Waals surface area contributed by atoms with Gasteiger partial charge in [0.1, 0.15) is 5.82 Å². The molecule has 1 aromatic carbocycles. The van der Waals surface area contributed by atoms with Crippen molar-refractivity contribution in [1.29, 1.82) is 0 Å². The van der Waals surface area contributed by atoms with Gasteiger partial charge >= 0.3 is 0 Å². The topological polar surface area (TPSA) is 29.1 Å². The van der Waals surface area contributed by atoms with Gasteiger partial charge in [-0.15, -0.1) is 0 Å². The minimum absolute atomic E-state index is 0.0914. The third-order valence-electron chi connectivity index (χ3n) is 3.76. The van der Waals surface area contributed by atoms with Crippen molar-refractivity contribution in [2.45, 2.75) is 52.0 Å². The van der Waals surface area contributed by atoms with E-state index < -0.39 is 0 Å². The van der Waals surface area contributed by atoms with E-state index >= 15 is 0 Å². The van der Waals surface area contributed by atoms with Crippen molar-refractivity contribution in [3.05, 3.63) is 35.1 Å². The molecule has 104 valence electrons. The van der Waals surface area contributed by atoms with Crippen LogP contribution in [0.1, 0.15) is 44.2 Å². The lowest BCUT2D eigenvalue weighted by Gasteiger charge is -2.31. The van der Waals surface area contributed by atoms with E-state index in [1.54, 1.807) is 6.07 Å². The Hall–Kier alpha value is -1.38. The number of carbonyl (C=O) groups is 1. The van der Waals surface area contributed by atoms with Crippen LogP contribution in [0.4, 0.5) is 4.39 Å². The predicted octanol–water partition coefficient (Wildman–Crippen LogP) is 3.37. The zero-order valence-electron chi connectivity index (χ0n) is 11.9. The van der Waals surface area contributed by atoms with Gasteiger partial charge in [0, 0.05) is 12.0 Å². The molecule has 1 saturated heterocycles. The second kappa shape index (κ2) is 5.32. The van der Waals surface area contributed by atoms with E-state index in [1.807, 2.05) is 13.0 Å². The Morgan fingerprint density at radius 2 is 2.16 bits per heavy atom. The van der Waals surface area contributed by atoms with E-state index in [4.69, 9.17) is 0 Å². The Balaban J connectivity index is 2.25. The molecule has 1 N–H and O–H groups in total. The molecule has 2 rings (SSSR count). The highest BCUT2D eigenvalue weighted by Crippen LogP contribution is 2.32. The molecule has 1 amide bonds. The minimum atomic E-state index is -0.264. The molecule has 1 atom stereocenters. The van der Waals surface area contributed by atoms with Crippen LogP contribution in [0.25, 0.3) is 0 Å². The quantitative estimate of drug-likeness (QED) is 0.886. The second-order valence-corrected chi connectivity index (χ2v) is 6.20. The number of halogens is 1. The highest BCUT2D eigenvalue weighted by Gasteiger charge is 2.38. The SMILES string of the molecule is Cc1ccc(F)c(CC2(CC(C)C)CCC(=O)N2)c1. The molecule has 0 bridgehead atoms. The van der Waals surface area contributed by atoms with E-state index in [1.165, 1.54) is 6.07 Å². The molecule has 1 aliphatic rings. The molecule has 1 aromatic rings. The average Bonchev–Trinajstić information content (AvgIpc) is 2.64. The molecule has 1 unspecified atom stereocenters. The molecule has 1 heterocycles. The summed E-state index contributed by atoms with van der Waals surface area (Å²) in [5.41, 5.74) is 1.50. The van der Waals surface area contributed by atoms with E-state index in [9.17, 15) is 9.18 Å². The lowest BCUT2D eigenvalue weighted by atomic mass is 9.82. The van der Waals surface area contributed by atoms with Gasteiger partial charge in [-0.3, -0.25) is 4.79 Å². The van der Waals surface area contributed by atoms with Gasteiger partial charge in [0.2, 0.25) is 5.91 Å². The van der Waals surface area contributed by atoms with Crippen LogP contribution < -0.4 is 5.32 Å². The van der Waals surface area contributed by atoms with Crippen molar-refractivity contribution < 1.29 is 9.18 Å². The van der Waals surface area contributed by atoms with Gasteiger partial charge < -0.3 is 5.32 Å². The Bertz CT molecular complexity index is 484. The Morgan fingerprint density at radius 3 is 2.74 bits per heavy atom. The number of hydrogen-bond acceptors (Lipinski definition) is 1. The zero-order chi connectivity index (χ0) is 14.0. The minimum Gasteiger partial charge on any atom is -0.350 e. The molecular weight excluding hydrogens is 241 g/mol. The van der Waals surface area contributed by atoms with Gasteiger partial charge in [0.25, 0.3) is 0 Å². The Kier molecular flexibility index (Phi) is 3.93. The van der Waals surface area contributed by atoms with E-state index in [0.717, 1.165) is 18.4 Å². The first-order chi connectivity index (χ1) is 8.90. The average molecular weight is 263 g/mol. The predicted molar refractivity (Wildman–Crippen MR) is 74.4 cm³/mol. The third-order valence-corrected chi connectivity index (χ3v) is 3.76. The number of carbonyl (C=O) groups excluding carboxylic acids is 1. The molecular formula is C16H22FNO. The van der Waals surface area contributed by atoms with Gasteiger partial charge in [0.05, 0.1) is 0 Å². The molecule has 0 radical (unpaired) electrons. The van der Waals surface area contributed by atoms with Gasteiger partial charge in [-0.1, -0.05) is 31.5 Å². The van der Waals surface area contributed by atoms with Crippen LogP contribution >= 0.6 is 0 Å². The van der Waals surface area contributed by atoms with Gasteiger partial charge in [-0.25, -0.2) is 4.39 Å². The Morgan fingerprint density at radius 1 is 1.42 bits per heavy atom. The first-order valence-electron chi connectivity index (χ1n) is 6.96. The molecule has 0 aliphatic carbocycles. The summed E-state index contributed by atoms with van der Waals surface area (Å²) in [5, 5.41) is 3.09. The van der Waals surface area contributed by atoms with Crippen molar-refractivity contribution in [2.24, 2.45) is 5.92 Å². The monoisotopic (exact) mass is 263 g/mol. The third kappa shape index (κ3) is 3.34. The van der Waals surface area contributed by atoms with E-state index in [-0.39, 0.29) is 17.3 Å². The summed E-state index contributed by atoms with van der Waals surface area (Å²) in [4.78, 5) is 11.6. The van der Waals surface area contributed by atoms with Crippen molar-refractivity contribution in [3.8, 4) is 0 Å². The molecule has 0 spiro atoms. The summed E-state index contributed by atoms with van der Waals surface area (Å²) >= 11 is 0. The lowest BCUT2D eigenvalue weighted by Crippen LogP contribution is -2.44. The van der Waals surface area contributed by atoms with Gasteiger partial charge in [0.15, 0.2) is 0 Å². The molecule has 0 saturated carbocycles. The fourth-order valence-electron chi connectivity index (χ4n) is 3.12. The maximum absolute atomic E-state index is 13.9. The summed E-state index contributed by atoms with van der Waals surface area (Å²) in [6.45, 7) is 6.24. The fourth-order valence-corrected chi connectivity index (χ4v) is 3.12. The molecule has 1 fully saturated rings. The van der Waals surface area contributed by atoms with E-state index in [0.29, 0.717) is 24.3 Å². The van der Waals surface area contributed by atoms with Gasteiger partial charge in [-0.2, -0.15) is 0 Å². The van der Waals surface area contributed by atoms with Gasteiger partial charge in [-0.05, 0) is 43.7 Å². The summed E-state index contributed by atoms with van der Waals surface area (Å²) in [6.07, 6.45) is 2.84. The van der Waals surface area contributed by atoms with Crippen LogP contribution in [0.15, 0.2) is 18.2 Å². The maximum atomic E-state index is 13.9. The fraction of sp³-hybridized carbons (Fsp3) is 0.562. The first kappa shape index (κ1) is 14.0. The van der Waals surface area contributed by atoms with Crippen molar-refractivity contribution >= 4 is 5.91 Å². The summed E-state index contributed by atoms with van der Waals surface area (Å²) < 4.78 is 13.9. The number of hydrogen-bond donors (Lipinski definition) is 1. The first-order valence-corrected chi connectivity index (χ1v) is 6.96. The smallest absolute Gasteiger partial charge is 0.220 e. The highest BCUT2D eigenvalue weighted by atomic mass is 19.1. The number of aryl methyl sites for hydroxylation is 1. The molecule has 0 aromatic heterocycles. The van der Waals surface area contributed by atoms with Crippen molar-refractivity contribution in [2.75, 3.05) is 0 Å². The number of benzene rings is 1. The standard InChI is InChI=1S/C16H22FNO/c1-11(2)9-16(7-6-15(19)18-16)10-13-8-12(3)4-5-14(13)17/h4-5,8,11H,6-7,9-10H2,1-3H3,(H,18,19). The molecule has 19 heavy (non-hydrogen) atoms. The van der Waals surface area contributed by atoms with Crippen LogP contribution in [0.3, 0.4) is 0 Å². The molecule has 2 nitrogen and oxygen atoms in total. The number of nitrogens with one attached hydrogen (secondary N) is 1. The normalized spacial score (nSPS) is 22.9. The number of amides is 1. The van der Waals surface area contributed by atoms with Crippen LogP contribution in [0, 0.1) is 18.7 Å².